The molecule has 0 bridgehead atoms. The van der Waals surface area contributed by atoms with E-state index in [-0.39, 0.29) is 0 Å². The molecule has 76 valence electrons. The first-order chi connectivity index (χ1) is 6.66. The van der Waals surface area contributed by atoms with Crippen molar-refractivity contribution >= 4 is 15.9 Å². The molecule has 1 aromatic rings. The number of hydrogen-bond acceptors (Lipinski definition) is 1. The molecule has 1 aliphatic rings. The van der Waals surface area contributed by atoms with Gasteiger partial charge in [-0.25, -0.2) is 0 Å². The highest BCUT2D eigenvalue weighted by molar-refractivity contribution is 9.10. The summed E-state index contributed by atoms with van der Waals surface area (Å²) >= 11 is 3.59. The Hall–Kier alpha value is -0.340. The quantitative estimate of drug-likeness (QED) is 0.872. The highest BCUT2D eigenvalue weighted by Gasteiger charge is 2.19. The van der Waals surface area contributed by atoms with Crippen molar-refractivity contribution in [1.82, 2.24) is 5.32 Å². The van der Waals surface area contributed by atoms with E-state index in [0.717, 1.165) is 12.6 Å². The van der Waals surface area contributed by atoms with Crippen LogP contribution in [0.5, 0.6) is 0 Å². The maximum Gasteiger partial charge on any atom is 0.0233 e. The monoisotopic (exact) mass is 253 g/mol. The second kappa shape index (κ2) is 4.03. The Morgan fingerprint density at radius 3 is 2.36 bits per heavy atom. The van der Waals surface area contributed by atoms with Crippen LogP contribution in [0.1, 0.15) is 29.5 Å². The minimum absolute atomic E-state index is 0.791. The number of nitrogens with one attached hydrogen (secondary N) is 1. The Kier molecular flexibility index (Phi) is 2.93. The van der Waals surface area contributed by atoms with Gasteiger partial charge in [0.05, 0.1) is 0 Å². The lowest BCUT2D eigenvalue weighted by atomic mass is 10.1. The summed E-state index contributed by atoms with van der Waals surface area (Å²) in [6, 6.07) is 5.30. The van der Waals surface area contributed by atoms with Crippen molar-refractivity contribution in [3.05, 3.63) is 33.3 Å². The molecule has 1 nitrogen and oxygen atoms in total. The summed E-state index contributed by atoms with van der Waals surface area (Å²) in [5.41, 5.74) is 4.06. The normalized spacial score (nSPS) is 15.9. The third-order valence-electron chi connectivity index (χ3n) is 2.67. The Balaban J connectivity index is 2.08. The highest BCUT2D eigenvalue weighted by atomic mass is 79.9. The molecule has 0 radical (unpaired) electrons. The number of halogens is 1. The predicted molar refractivity (Wildman–Crippen MR) is 63.5 cm³/mol. The van der Waals surface area contributed by atoms with Gasteiger partial charge in [0, 0.05) is 17.1 Å². The molecular weight excluding hydrogens is 238 g/mol. The highest BCUT2D eigenvalue weighted by Crippen LogP contribution is 2.23. The molecule has 0 saturated heterocycles. The van der Waals surface area contributed by atoms with Crippen molar-refractivity contribution in [2.45, 2.75) is 39.3 Å². The fourth-order valence-corrected chi connectivity index (χ4v) is 1.92. The first-order valence-corrected chi connectivity index (χ1v) is 5.95. The molecular formula is C12H16BrN. The Labute approximate surface area is 94.0 Å². The van der Waals surface area contributed by atoms with Gasteiger partial charge in [0.25, 0.3) is 0 Å². The van der Waals surface area contributed by atoms with E-state index in [0.29, 0.717) is 0 Å². The summed E-state index contributed by atoms with van der Waals surface area (Å²) in [5.74, 6) is 0. The van der Waals surface area contributed by atoms with Gasteiger partial charge < -0.3 is 5.32 Å². The molecule has 0 unspecified atom stereocenters. The van der Waals surface area contributed by atoms with Gasteiger partial charge in [0.15, 0.2) is 0 Å². The van der Waals surface area contributed by atoms with Crippen molar-refractivity contribution in [1.29, 1.82) is 0 Å². The number of benzene rings is 1. The third-order valence-corrected chi connectivity index (χ3v) is 3.92. The largest absolute Gasteiger partial charge is 0.310 e. The van der Waals surface area contributed by atoms with Gasteiger partial charge in [-0.05, 0) is 43.4 Å². The average molecular weight is 254 g/mol. The molecule has 0 aromatic heterocycles. The smallest absolute Gasteiger partial charge is 0.0233 e. The molecule has 2 rings (SSSR count). The van der Waals surface area contributed by atoms with Crippen LogP contribution >= 0.6 is 15.9 Å². The van der Waals surface area contributed by atoms with Crippen LogP contribution in [0.15, 0.2) is 16.6 Å². The van der Waals surface area contributed by atoms with Gasteiger partial charge in [0.2, 0.25) is 0 Å². The lowest BCUT2D eigenvalue weighted by Crippen LogP contribution is -2.15. The molecule has 1 N–H and O–H groups in total. The van der Waals surface area contributed by atoms with Gasteiger partial charge in [-0.3, -0.25) is 0 Å². The van der Waals surface area contributed by atoms with Gasteiger partial charge in [0.1, 0.15) is 0 Å². The van der Waals surface area contributed by atoms with E-state index in [1.54, 1.807) is 0 Å². The van der Waals surface area contributed by atoms with Crippen LogP contribution in [0.3, 0.4) is 0 Å². The van der Waals surface area contributed by atoms with Crippen LogP contribution in [0.4, 0.5) is 0 Å². The van der Waals surface area contributed by atoms with E-state index in [1.165, 1.54) is 34.0 Å². The molecule has 1 aliphatic carbocycles. The lowest BCUT2D eigenvalue weighted by Gasteiger charge is -2.08. The molecule has 0 amide bonds. The summed E-state index contributed by atoms with van der Waals surface area (Å²) in [5, 5.41) is 3.53. The molecule has 1 saturated carbocycles. The first-order valence-electron chi connectivity index (χ1n) is 5.16. The maximum absolute atomic E-state index is 3.59. The second-order valence-electron chi connectivity index (χ2n) is 4.20. The van der Waals surface area contributed by atoms with Crippen LogP contribution in [0.25, 0.3) is 0 Å². The summed E-state index contributed by atoms with van der Waals surface area (Å²) in [6.45, 7) is 5.31. The number of rotatable bonds is 3. The van der Waals surface area contributed by atoms with E-state index in [4.69, 9.17) is 0 Å². The Morgan fingerprint density at radius 2 is 1.86 bits per heavy atom. The predicted octanol–water partition coefficient (Wildman–Crippen LogP) is 3.32. The van der Waals surface area contributed by atoms with Crippen LogP contribution in [-0.2, 0) is 6.54 Å². The van der Waals surface area contributed by atoms with E-state index in [1.807, 2.05) is 0 Å². The molecule has 1 fully saturated rings. The van der Waals surface area contributed by atoms with Gasteiger partial charge in [-0.15, -0.1) is 0 Å². The summed E-state index contributed by atoms with van der Waals surface area (Å²) in [6.07, 6.45) is 2.71. The van der Waals surface area contributed by atoms with Crippen molar-refractivity contribution in [3.63, 3.8) is 0 Å². The zero-order valence-corrected chi connectivity index (χ0v) is 10.3. The average Bonchev–Trinajstić information content (AvgIpc) is 2.94. The standard InChI is InChI=1S/C12H16BrN/c1-8-5-10(6-9(2)12(8)13)7-14-11-3-4-11/h5-6,11,14H,3-4,7H2,1-2H3. The molecule has 2 heteroatoms. The first kappa shape index (κ1) is 10.2. The minimum Gasteiger partial charge on any atom is -0.310 e. The SMILES string of the molecule is Cc1cc(CNC2CC2)cc(C)c1Br. The third kappa shape index (κ3) is 2.37. The fraction of sp³-hybridized carbons (Fsp3) is 0.500. The molecule has 14 heavy (non-hydrogen) atoms. The van der Waals surface area contributed by atoms with Crippen molar-refractivity contribution < 1.29 is 0 Å². The van der Waals surface area contributed by atoms with Gasteiger partial charge in [-0.2, -0.15) is 0 Å². The van der Waals surface area contributed by atoms with Crippen molar-refractivity contribution in [2.24, 2.45) is 0 Å². The van der Waals surface area contributed by atoms with Crippen molar-refractivity contribution in [2.75, 3.05) is 0 Å². The summed E-state index contributed by atoms with van der Waals surface area (Å²) in [4.78, 5) is 0. The molecule has 1 aromatic carbocycles. The van der Waals surface area contributed by atoms with Crippen LogP contribution in [0.2, 0.25) is 0 Å². The zero-order chi connectivity index (χ0) is 10.1. The van der Waals surface area contributed by atoms with Gasteiger partial charge in [-0.1, -0.05) is 28.1 Å². The fourth-order valence-electron chi connectivity index (χ4n) is 1.69. The minimum atomic E-state index is 0.791. The molecule has 0 aliphatic heterocycles. The second-order valence-corrected chi connectivity index (χ2v) is 4.99. The Bertz CT molecular complexity index is 319. The van der Waals surface area contributed by atoms with E-state index >= 15 is 0 Å². The molecule has 0 atom stereocenters. The topological polar surface area (TPSA) is 12.0 Å². The number of hydrogen-bond donors (Lipinski definition) is 1. The van der Waals surface area contributed by atoms with Crippen LogP contribution in [-0.4, -0.2) is 6.04 Å². The molecule has 0 spiro atoms. The van der Waals surface area contributed by atoms with Crippen molar-refractivity contribution in [3.8, 4) is 0 Å². The summed E-state index contributed by atoms with van der Waals surface area (Å²) < 4.78 is 1.24. The van der Waals surface area contributed by atoms with E-state index in [2.05, 4.69) is 47.2 Å². The summed E-state index contributed by atoms with van der Waals surface area (Å²) in [7, 11) is 0. The molecule has 0 heterocycles. The lowest BCUT2D eigenvalue weighted by molar-refractivity contribution is 0.687. The van der Waals surface area contributed by atoms with Gasteiger partial charge >= 0.3 is 0 Å². The number of aryl methyl sites for hydroxylation is 2. The Morgan fingerprint density at radius 1 is 1.29 bits per heavy atom. The van der Waals surface area contributed by atoms with E-state index in [9.17, 15) is 0 Å². The van der Waals surface area contributed by atoms with Crippen LogP contribution < -0.4 is 5.32 Å². The zero-order valence-electron chi connectivity index (χ0n) is 8.73. The maximum atomic E-state index is 3.59. The van der Waals surface area contributed by atoms with E-state index < -0.39 is 0 Å². The van der Waals surface area contributed by atoms with Crippen LogP contribution in [0, 0.1) is 13.8 Å².